The molecule has 160 valence electrons. The number of nitrogens with one attached hydrogen (secondary N) is 1. The molecule has 0 spiro atoms. The molecule has 1 aromatic carbocycles. The Kier molecular flexibility index (Phi) is 8.05. The van der Waals surface area contributed by atoms with Crippen LogP contribution in [0.1, 0.15) is 56.9 Å². The van der Waals surface area contributed by atoms with E-state index in [2.05, 4.69) is 15.5 Å². The van der Waals surface area contributed by atoms with E-state index in [1.54, 1.807) is 7.11 Å². The molecule has 1 aliphatic heterocycles. The summed E-state index contributed by atoms with van der Waals surface area (Å²) in [7, 11) is 1.66. The molecule has 0 radical (unpaired) electrons. The van der Waals surface area contributed by atoms with Crippen molar-refractivity contribution in [3.63, 3.8) is 0 Å². The summed E-state index contributed by atoms with van der Waals surface area (Å²) in [5.74, 6) is 2.26. The average molecular weight is 423 g/mol. The fourth-order valence-electron chi connectivity index (χ4n) is 3.42. The van der Waals surface area contributed by atoms with Crippen molar-refractivity contribution >= 4 is 18.3 Å². The van der Waals surface area contributed by atoms with Crippen molar-refractivity contribution in [2.24, 2.45) is 0 Å². The summed E-state index contributed by atoms with van der Waals surface area (Å²) in [6.07, 6.45) is 1.76. The first kappa shape index (κ1) is 23.2. The number of halogens is 1. The molecular formula is C21H31ClN4O3. The molecule has 1 atom stereocenters. The number of carbonyl (C=O) groups excluding carboxylic acids is 1. The lowest BCUT2D eigenvalue weighted by Crippen LogP contribution is -2.48. The second-order valence-corrected chi connectivity index (χ2v) is 8.16. The minimum Gasteiger partial charge on any atom is -0.496 e. The maximum absolute atomic E-state index is 12.9. The maximum Gasteiger partial charge on any atom is 0.226 e. The van der Waals surface area contributed by atoms with Gasteiger partial charge >= 0.3 is 0 Å². The van der Waals surface area contributed by atoms with E-state index in [0.29, 0.717) is 37.5 Å². The standard InChI is InChI=1S/C21H30N4O3.ClH/c1-21(2,3)20-23-18(28-24-20)10-7-11-19(26)25-13-12-22-14-16(25)15-8-5-6-9-17(15)27-4;/h5-6,8-9,16,22H,7,10-14H2,1-4H3;1H. The number of ether oxygens (including phenoxy) is 1. The third-order valence-electron chi connectivity index (χ3n) is 4.98. The molecule has 1 unspecified atom stereocenters. The highest BCUT2D eigenvalue weighted by molar-refractivity contribution is 5.85. The van der Waals surface area contributed by atoms with Crippen molar-refractivity contribution in [3.8, 4) is 5.75 Å². The second kappa shape index (κ2) is 10.1. The van der Waals surface area contributed by atoms with Crippen LogP contribution in [0.25, 0.3) is 0 Å². The monoisotopic (exact) mass is 422 g/mol. The number of aromatic nitrogens is 2. The van der Waals surface area contributed by atoms with Crippen LogP contribution in [0.15, 0.2) is 28.8 Å². The van der Waals surface area contributed by atoms with E-state index in [0.717, 1.165) is 24.4 Å². The van der Waals surface area contributed by atoms with Gasteiger partial charge in [-0.25, -0.2) is 0 Å². The summed E-state index contributed by atoms with van der Waals surface area (Å²) in [4.78, 5) is 19.3. The molecule has 1 aromatic heterocycles. The van der Waals surface area contributed by atoms with Gasteiger partial charge in [0.25, 0.3) is 0 Å². The zero-order valence-corrected chi connectivity index (χ0v) is 18.4. The highest BCUT2D eigenvalue weighted by atomic mass is 35.5. The Morgan fingerprint density at radius 1 is 1.34 bits per heavy atom. The number of aryl methyl sites for hydroxylation is 1. The van der Waals surface area contributed by atoms with Gasteiger partial charge in [-0.2, -0.15) is 4.98 Å². The van der Waals surface area contributed by atoms with E-state index in [1.165, 1.54) is 0 Å². The Morgan fingerprint density at radius 3 is 2.79 bits per heavy atom. The van der Waals surface area contributed by atoms with Gasteiger partial charge in [0.05, 0.1) is 13.2 Å². The third kappa shape index (κ3) is 5.70. The number of para-hydroxylation sites is 1. The number of methoxy groups -OCH3 is 1. The van der Waals surface area contributed by atoms with Crippen LogP contribution in [-0.4, -0.2) is 47.7 Å². The molecule has 1 fully saturated rings. The summed E-state index contributed by atoms with van der Waals surface area (Å²) in [5, 5.41) is 7.43. The molecule has 29 heavy (non-hydrogen) atoms. The van der Waals surface area contributed by atoms with Crippen LogP contribution < -0.4 is 10.1 Å². The SMILES string of the molecule is COc1ccccc1C1CNCCN1C(=O)CCCc1nc(C(C)(C)C)no1.Cl. The maximum atomic E-state index is 12.9. The molecule has 7 nitrogen and oxygen atoms in total. The third-order valence-corrected chi connectivity index (χ3v) is 4.98. The lowest BCUT2D eigenvalue weighted by molar-refractivity contribution is -0.134. The van der Waals surface area contributed by atoms with E-state index in [-0.39, 0.29) is 29.8 Å². The van der Waals surface area contributed by atoms with Crippen molar-refractivity contribution in [2.45, 2.75) is 51.5 Å². The minimum absolute atomic E-state index is 0. The summed E-state index contributed by atoms with van der Waals surface area (Å²) in [6.45, 7) is 8.37. The number of hydrogen-bond acceptors (Lipinski definition) is 6. The summed E-state index contributed by atoms with van der Waals surface area (Å²) >= 11 is 0. The molecule has 8 heteroatoms. The van der Waals surface area contributed by atoms with Crippen LogP contribution in [0.4, 0.5) is 0 Å². The minimum atomic E-state index is -0.139. The van der Waals surface area contributed by atoms with Crippen LogP contribution in [0.2, 0.25) is 0 Å². The summed E-state index contributed by atoms with van der Waals surface area (Å²) < 4.78 is 10.8. The Balaban J connectivity index is 0.00000300. The van der Waals surface area contributed by atoms with E-state index in [9.17, 15) is 4.79 Å². The first-order chi connectivity index (χ1) is 13.4. The average Bonchev–Trinajstić information content (AvgIpc) is 3.17. The van der Waals surface area contributed by atoms with Gasteiger partial charge in [-0.3, -0.25) is 4.79 Å². The van der Waals surface area contributed by atoms with E-state index in [4.69, 9.17) is 9.26 Å². The molecule has 2 heterocycles. The lowest BCUT2D eigenvalue weighted by atomic mass is 9.96. The molecule has 0 saturated carbocycles. The van der Waals surface area contributed by atoms with Gasteiger partial charge in [-0.15, -0.1) is 12.4 Å². The molecule has 1 saturated heterocycles. The van der Waals surface area contributed by atoms with E-state index < -0.39 is 0 Å². The molecule has 0 bridgehead atoms. The van der Waals surface area contributed by atoms with Gasteiger partial charge in [-0.05, 0) is 12.5 Å². The summed E-state index contributed by atoms with van der Waals surface area (Å²) in [5.41, 5.74) is 0.901. The van der Waals surface area contributed by atoms with Crippen molar-refractivity contribution in [1.82, 2.24) is 20.4 Å². The zero-order chi connectivity index (χ0) is 20.1. The van der Waals surface area contributed by atoms with Crippen molar-refractivity contribution < 1.29 is 14.1 Å². The normalized spacial score (nSPS) is 17.0. The van der Waals surface area contributed by atoms with Crippen LogP contribution in [0.5, 0.6) is 5.75 Å². The van der Waals surface area contributed by atoms with Crippen molar-refractivity contribution in [1.29, 1.82) is 0 Å². The zero-order valence-electron chi connectivity index (χ0n) is 17.6. The first-order valence-corrected chi connectivity index (χ1v) is 9.86. The highest BCUT2D eigenvalue weighted by Crippen LogP contribution is 2.30. The Morgan fingerprint density at radius 2 is 2.10 bits per heavy atom. The number of carbonyl (C=O) groups is 1. The smallest absolute Gasteiger partial charge is 0.226 e. The van der Waals surface area contributed by atoms with Crippen molar-refractivity contribution in [3.05, 3.63) is 41.5 Å². The second-order valence-electron chi connectivity index (χ2n) is 8.16. The fraction of sp³-hybridized carbons (Fsp3) is 0.571. The molecule has 0 aliphatic carbocycles. The fourth-order valence-corrected chi connectivity index (χ4v) is 3.42. The Labute approximate surface area is 178 Å². The van der Waals surface area contributed by atoms with Crippen molar-refractivity contribution in [2.75, 3.05) is 26.7 Å². The Hall–Kier alpha value is -2.12. The quantitative estimate of drug-likeness (QED) is 0.769. The molecule has 1 N–H and O–H groups in total. The highest BCUT2D eigenvalue weighted by Gasteiger charge is 2.29. The largest absolute Gasteiger partial charge is 0.496 e. The van der Waals surface area contributed by atoms with Crippen LogP contribution in [0.3, 0.4) is 0 Å². The summed E-state index contributed by atoms with van der Waals surface area (Å²) in [6, 6.07) is 7.88. The van der Waals surface area contributed by atoms with Gasteiger partial charge in [0, 0.05) is 43.5 Å². The number of hydrogen-bond donors (Lipinski definition) is 1. The topological polar surface area (TPSA) is 80.5 Å². The molecule has 3 rings (SSSR count). The van der Waals surface area contributed by atoms with E-state index in [1.807, 2.05) is 49.9 Å². The lowest BCUT2D eigenvalue weighted by Gasteiger charge is -2.37. The van der Waals surface area contributed by atoms with Crippen LogP contribution in [0, 0.1) is 0 Å². The molecule has 2 aromatic rings. The number of rotatable bonds is 6. The predicted molar refractivity (Wildman–Crippen MR) is 114 cm³/mol. The molecular weight excluding hydrogens is 392 g/mol. The van der Waals surface area contributed by atoms with Gasteiger partial charge in [0.1, 0.15) is 5.75 Å². The predicted octanol–water partition coefficient (Wildman–Crippen LogP) is 3.29. The number of nitrogens with zero attached hydrogens (tertiary/aromatic N) is 3. The van der Waals surface area contributed by atoms with Crippen LogP contribution >= 0.6 is 12.4 Å². The van der Waals surface area contributed by atoms with Crippen LogP contribution in [-0.2, 0) is 16.6 Å². The number of amides is 1. The Bertz CT molecular complexity index is 803. The van der Waals surface area contributed by atoms with Gasteiger partial charge < -0.3 is 19.5 Å². The number of benzene rings is 1. The molecule has 1 amide bonds. The first-order valence-electron chi connectivity index (χ1n) is 9.86. The van der Waals surface area contributed by atoms with Gasteiger partial charge in [0.2, 0.25) is 11.8 Å². The van der Waals surface area contributed by atoms with E-state index >= 15 is 0 Å². The van der Waals surface area contributed by atoms with Gasteiger partial charge in [0.15, 0.2) is 5.82 Å². The molecule has 1 aliphatic rings. The van der Waals surface area contributed by atoms with Gasteiger partial charge in [-0.1, -0.05) is 44.1 Å². The number of piperazine rings is 1.